The average Bonchev–Trinajstić information content (AvgIpc) is 2.94. The van der Waals surface area contributed by atoms with Crippen molar-refractivity contribution in [3.8, 4) is 0 Å². The van der Waals surface area contributed by atoms with E-state index in [1.807, 2.05) is 11.0 Å². The van der Waals surface area contributed by atoms with Crippen LogP contribution < -0.4 is 4.90 Å². The van der Waals surface area contributed by atoms with Gasteiger partial charge in [0.15, 0.2) is 0 Å². The molecule has 0 saturated carbocycles. The number of anilines is 1. The molecule has 0 radical (unpaired) electrons. The molecule has 1 aromatic carbocycles. The van der Waals surface area contributed by atoms with Crippen molar-refractivity contribution < 1.29 is 9.18 Å². The minimum atomic E-state index is -0.222. The van der Waals surface area contributed by atoms with Crippen molar-refractivity contribution >= 4 is 11.6 Å². The molecule has 136 valence electrons. The molecule has 1 amide bonds. The first-order chi connectivity index (χ1) is 12.7. The van der Waals surface area contributed by atoms with Crippen LogP contribution in [-0.4, -0.2) is 42.0 Å². The van der Waals surface area contributed by atoms with Crippen molar-refractivity contribution in [2.75, 3.05) is 31.1 Å². The normalized spacial score (nSPS) is 17.6. The highest BCUT2D eigenvalue weighted by atomic mass is 19.1. The number of hydrogen-bond donors (Lipinski definition) is 0. The van der Waals surface area contributed by atoms with E-state index in [2.05, 4.69) is 9.88 Å². The second-order valence-corrected chi connectivity index (χ2v) is 7.15. The van der Waals surface area contributed by atoms with Gasteiger partial charge in [-0.3, -0.25) is 9.78 Å². The van der Waals surface area contributed by atoms with Crippen molar-refractivity contribution in [1.82, 2.24) is 9.88 Å². The lowest BCUT2D eigenvalue weighted by molar-refractivity contribution is 0.0766. The van der Waals surface area contributed by atoms with Gasteiger partial charge in [-0.25, -0.2) is 4.39 Å². The largest absolute Gasteiger partial charge is 0.370 e. The molecule has 2 aliphatic rings. The van der Waals surface area contributed by atoms with Crippen LogP contribution in [0, 0.1) is 5.82 Å². The van der Waals surface area contributed by atoms with E-state index in [1.54, 1.807) is 18.3 Å². The first-order valence-corrected chi connectivity index (χ1v) is 9.48. The monoisotopic (exact) mass is 353 g/mol. The summed E-state index contributed by atoms with van der Waals surface area (Å²) in [5, 5.41) is 0. The van der Waals surface area contributed by atoms with Crippen LogP contribution in [0.5, 0.6) is 0 Å². The molecule has 2 heterocycles. The Morgan fingerprint density at radius 2 is 1.77 bits per heavy atom. The molecule has 26 heavy (non-hydrogen) atoms. The maximum Gasteiger partial charge on any atom is 0.255 e. The van der Waals surface area contributed by atoms with Crippen LogP contribution >= 0.6 is 0 Å². The first kappa shape index (κ1) is 17.0. The van der Waals surface area contributed by atoms with E-state index >= 15 is 0 Å². The van der Waals surface area contributed by atoms with E-state index < -0.39 is 0 Å². The third-order valence-corrected chi connectivity index (χ3v) is 5.39. The molecule has 1 saturated heterocycles. The fraction of sp³-hybridized carbons (Fsp3) is 0.429. The summed E-state index contributed by atoms with van der Waals surface area (Å²) in [6.45, 7) is 3.05. The third kappa shape index (κ3) is 3.57. The molecule has 5 heteroatoms. The van der Waals surface area contributed by atoms with Crippen molar-refractivity contribution in [2.24, 2.45) is 0 Å². The number of pyridine rings is 1. The Labute approximate surface area is 153 Å². The smallest absolute Gasteiger partial charge is 0.255 e. The summed E-state index contributed by atoms with van der Waals surface area (Å²) < 4.78 is 13.1. The number of rotatable bonds is 2. The lowest BCUT2D eigenvalue weighted by Crippen LogP contribution is -2.35. The van der Waals surface area contributed by atoms with Gasteiger partial charge in [0.2, 0.25) is 0 Å². The van der Waals surface area contributed by atoms with E-state index in [-0.39, 0.29) is 11.7 Å². The van der Waals surface area contributed by atoms with Crippen molar-refractivity contribution in [1.29, 1.82) is 0 Å². The zero-order chi connectivity index (χ0) is 17.9. The molecule has 0 spiro atoms. The summed E-state index contributed by atoms with van der Waals surface area (Å²) in [7, 11) is 0. The third-order valence-electron chi connectivity index (χ3n) is 5.39. The number of aromatic nitrogens is 1. The highest BCUT2D eigenvalue weighted by Gasteiger charge is 2.22. The number of benzene rings is 1. The summed E-state index contributed by atoms with van der Waals surface area (Å²) in [5.74, 6) is -0.146. The van der Waals surface area contributed by atoms with Gasteiger partial charge in [-0.1, -0.05) is 0 Å². The molecular weight excluding hydrogens is 329 g/mol. The number of carbonyl (C=O) groups excluding carboxylic acids is 1. The van der Waals surface area contributed by atoms with Gasteiger partial charge < -0.3 is 9.80 Å². The van der Waals surface area contributed by atoms with Gasteiger partial charge in [-0.15, -0.1) is 0 Å². The van der Waals surface area contributed by atoms with Crippen LogP contribution in [0.4, 0.5) is 10.1 Å². The molecule has 1 aromatic heterocycles. The Morgan fingerprint density at radius 3 is 2.62 bits per heavy atom. The standard InChI is InChI=1S/C21H24FN3O/c22-18-6-8-19(9-7-18)24-10-3-11-25(13-12-24)21(26)17-14-16-4-1-2-5-20(16)23-15-17/h6-9,14-15H,1-5,10-13H2. The van der Waals surface area contributed by atoms with E-state index in [9.17, 15) is 9.18 Å². The van der Waals surface area contributed by atoms with Crippen LogP contribution in [0.3, 0.4) is 0 Å². The number of nitrogens with zero attached hydrogens (tertiary/aromatic N) is 3. The summed E-state index contributed by atoms with van der Waals surface area (Å²) >= 11 is 0. The zero-order valence-electron chi connectivity index (χ0n) is 15.0. The quantitative estimate of drug-likeness (QED) is 0.830. The van der Waals surface area contributed by atoms with E-state index in [1.165, 1.54) is 30.5 Å². The summed E-state index contributed by atoms with van der Waals surface area (Å²) in [6, 6.07) is 8.64. The van der Waals surface area contributed by atoms with Gasteiger partial charge >= 0.3 is 0 Å². The number of carbonyl (C=O) groups is 1. The lowest BCUT2D eigenvalue weighted by atomic mass is 9.95. The molecule has 2 aromatic rings. The molecule has 4 nitrogen and oxygen atoms in total. The molecule has 0 N–H and O–H groups in total. The Morgan fingerprint density at radius 1 is 0.962 bits per heavy atom. The van der Waals surface area contributed by atoms with Crippen LogP contribution in [0.2, 0.25) is 0 Å². The molecule has 0 atom stereocenters. The fourth-order valence-corrected chi connectivity index (χ4v) is 3.92. The minimum Gasteiger partial charge on any atom is -0.370 e. The predicted octanol–water partition coefficient (Wildman–Crippen LogP) is 3.45. The second-order valence-electron chi connectivity index (χ2n) is 7.15. The molecule has 0 bridgehead atoms. The molecular formula is C21H24FN3O. The van der Waals surface area contributed by atoms with Crippen molar-refractivity contribution in [2.45, 2.75) is 32.1 Å². The topological polar surface area (TPSA) is 36.4 Å². The van der Waals surface area contributed by atoms with Crippen LogP contribution in [-0.2, 0) is 12.8 Å². The summed E-state index contributed by atoms with van der Waals surface area (Å²) in [6.07, 6.45) is 7.08. The fourth-order valence-electron chi connectivity index (χ4n) is 3.92. The van der Waals surface area contributed by atoms with Crippen LogP contribution in [0.1, 0.15) is 40.9 Å². The SMILES string of the molecule is O=C(c1cnc2c(c1)CCCC2)N1CCCN(c2ccc(F)cc2)CC1. The van der Waals surface area contributed by atoms with Crippen molar-refractivity contribution in [3.63, 3.8) is 0 Å². The van der Waals surface area contributed by atoms with E-state index in [0.717, 1.165) is 50.3 Å². The zero-order valence-corrected chi connectivity index (χ0v) is 15.0. The number of halogens is 1. The number of aryl methyl sites for hydroxylation is 2. The van der Waals surface area contributed by atoms with Crippen molar-refractivity contribution in [3.05, 3.63) is 59.2 Å². The number of amides is 1. The Kier molecular flexibility index (Phi) is 4.87. The Hall–Kier alpha value is -2.43. The summed E-state index contributed by atoms with van der Waals surface area (Å²) in [4.78, 5) is 21.6. The molecule has 1 aliphatic carbocycles. The van der Waals surface area contributed by atoms with Gasteiger partial charge in [-0.05, 0) is 68.0 Å². The molecule has 1 fully saturated rings. The molecule has 4 rings (SSSR count). The van der Waals surface area contributed by atoms with Crippen LogP contribution in [0.15, 0.2) is 36.5 Å². The van der Waals surface area contributed by atoms with Gasteiger partial charge in [-0.2, -0.15) is 0 Å². The van der Waals surface area contributed by atoms with Gasteiger partial charge in [0.25, 0.3) is 5.91 Å². The molecule has 1 aliphatic heterocycles. The maximum atomic E-state index is 13.1. The average molecular weight is 353 g/mol. The number of hydrogen-bond acceptors (Lipinski definition) is 3. The van der Waals surface area contributed by atoms with Gasteiger partial charge in [0, 0.05) is 43.8 Å². The Balaban J connectivity index is 1.45. The second kappa shape index (κ2) is 7.44. The molecule has 0 unspecified atom stereocenters. The maximum absolute atomic E-state index is 13.1. The number of fused-ring (bicyclic) bond motifs is 1. The first-order valence-electron chi connectivity index (χ1n) is 9.48. The van der Waals surface area contributed by atoms with E-state index in [0.29, 0.717) is 12.1 Å². The highest BCUT2D eigenvalue weighted by Crippen LogP contribution is 2.22. The lowest BCUT2D eigenvalue weighted by Gasteiger charge is -2.24. The van der Waals surface area contributed by atoms with Gasteiger partial charge in [0.1, 0.15) is 5.82 Å². The minimum absolute atomic E-state index is 0.0758. The predicted molar refractivity (Wildman–Crippen MR) is 100 cm³/mol. The highest BCUT2D eigenvalue weighted by molar-refractivity contribution is 5.94. The summed E-state index contributed by atoms with van der Waals surface area (Å²) in [5.41, 5.74) is 4.12. The van der Waals surface area contributed by atoms with Gasteiger partial charge in [0.05, 0.1) is 5.56 Å². The van der Waals surface area contributed by atoms with Crippen LogP contribution in [0.25, 0.3) is 0 Å². The Bertz CT molecular complexity index is 790. The van der Waals surface area contributed by atoms with E-state index in [4.69, 9.17) is 0 Å².